The number of benzene rings is 1. The average Bonchev–Trinajstić information content (AvgIpc) is 2.94. The first-order valence-corrected chi connectivity index (χ1v) is 7.28. The van der Waals surface area contributed by atoms with Crippen LogP contribution in [0.2, 0.25) is 0 Å². The van der Waals surface area contributed by atoms with Crippen molar-refractivity contribution in [2.45, 2.75) is 44.2 Å². The molecule has 2 aromatic rings. The molecule has 2 unspecified atom stereocenters. The first-order valence-electron chi connectivity index (χ1n) is 7.28. The Morgan fingerprint density at radius 1 is 1.38 bits per heavy atom. The van der Waals surface area contributed by atoms with E-state index in [1.165, 1.54) is 0 Å². The van der Waals surface area contributed by atoms with Crippen LogP contribution >= 0.6 is 0 Å². The third-order valence-corrected chi connectivity index (χ3v) is 4.23. The zero-order chi connectivity index (χ0) is 14.8. The van der Waals surface area contributed by atoms with Crippen molar-refractivity contribution in [1.29, 1.82) is 0 Å². The standard InChI is InChI=1S/C15H19N3O3/c1-18(11-3-2-4-12(19)9-11)15(20)8-10-5-6-13-14(7-10)17-21-16-13/h5-7,11-12,19H,2-4,8-9H2,1H3. The molecule has 0 saturated heterocycles. The fourth-order valence-electron chi connectivity index (χ4n) is 2.93. The lowest BCUT2D eigenvalue weighted by Crippen LogP contribution is -2.42. The predicted octanol–water partition coefficient (Wildman–Crippen LogP) is 1.53. The first-order chi connectivity index (χ1) is 10.1. The largest absolute Gasteiger partial charge is 0.393 e. The summed E-state index contributed by atoms with van der Waals surface area (Å²) in [6.07, 6.45) is 3.50. The van der Waals surface area contributed by atoms with Crippen molar-refractivity contribution >= 4 is 16.9 Å². The second-order valence-corrected chi connectivity index (χ2v) is 5.74. The van der Waals surface area contributed by atoms with Crippen LogP contribution in [-0.2, 0) is 11.2 Å². The van der Waals surface area contributed by atoms with E-state index in [0.717, 1.165) is 24.8 Å². The summed E-state index contributed by atoms with van der Waals surface area (Å²) in [5.41, 5.74) is 2.25. The molecule has 6 heteroatoms. The van der Waals surface area contributed by atoms with E-state index in [4.69, 9.17) is 0 Å². The van der Waals surface area contributed by atoms with Crippen molar-refractivity contribution in [3.8, 4) is 0 Å². The van der Waals surface area contributed by atoms with Crippen molar-refractivity contribution in [1.82, 2.24) is 15.2 Å². The maximum atomic E-state index is 12.4. The highest BCUT2D eigenvalue weighted by Gasteiger charge is 2.26. The summed E-state index contributed by atoms with van der Waals surface area (Å²) in [6.45, 7) is 0. The summed E-state index contributed by atoms with van der Waals surface area (Å²) in [5, 5.41) is 17.3. The number of hydrogen-bond donors (Lipinski definition) is 1. The number of aliphatic hydroxyl groups is 1. The van der Waals surface area contributed by atoms with Gasteiger partial charge >= 0.3 is 0 Å². The lowest BCUT2D eigenvalue weighted by atomic mass is 9.92. The molecule has 2 atom stereocenters. The molecule has 112 valence electrons. The highest BCUT2D eigenvalue weighted by Crippen LogP contribution is 2.23. The summed E-state index contributed by atoms with van der Waals surface area (Å²) in [4.78, 5) is 14.1. The van der Waals surface area contributed by atoms with Crippen molar-refractivity contribution in [2.75, 3.05) is 7.05 Å². The predicted molar refractivity (Wildman–Crippen MR) is 76.5 cm³/mol. The SMILES string of the molecule is CN(C(=O)Cc1ccc2nonc2c1)C1CCCC(O)C1. The fraction of sp³-hybridized carbons (Fsp3) is 0.533. The Morgan fingerprint density at radius 3 is 3.00 bits per heavy atom. The van der Waals surface area contributed by atoms with E-state index >= 15 is 0 Å². The third-order valence-electron chi connectivity index (χ3n) is 4.23. The minimum absolute atomic E-state index is 0.0601. The second-order valence-electron chi connectivity index (χ2n) is 5.74. The number of likely N-dealkylation sites (N-methyl/N-ethyl adjacent to an activating group) is 1. The summed E-state index contributed by atoms with van der Waals surface area (Å²) in [6, 6.07) is 5.64. The lowest BCUT2D eigenvalue weighted by molar-refractivity contribution is -0.132. The number of aliphatic hydroxyl groups excluding tert-OH is 1. The second kappa shape index (κ2) is 5.81. The van der Waals surface area contributed by atoms with E-state index in [2.05, 4.69) is 14.9 Å². The van der Waals surface area contributed by atoms with Gasteiger partial charge in [0.2, 0.25) is 5.91 Å². The molecule has 1 aromatic carbocycles. The number of aromatic nitrogens is 2. The van der Waals surface area contributed by atoms with E-state index in [1.807, 2.05) is 19.2 Å². The van der Waals surface area contributed by atoms with Gasteiger partial charge in [-0.25, -0.2) is 4.63 Å². The van der Waals surface area contributed by atoms with Crippen molar-refractivity contribution in [2.24, 2.45) is 0 Å². The molecule has 1 saturated carbocycles. The van der Waals surface area contributed by atoms with Gasteiger partial charge in [0, 0.05) is 13.1 Å². The van der Waals surface area contributed by atoms with Gasteiger partial charge in [0.1, 0.15) is 11.0 Å². The van der Waals surface area contributed by atoms with Gasteiger partial charge in [0.15, 0.2) is 0 Å². The zero-order valence-electron chi connectivity index (χ0n) is 12.0. The number of carbonyl (C=O) groups is 1. The average molecular weight is 289 g/mol. The van der Waals surface area contributed by atoms with Crippen LogP contribution in [0.5, 0.6) is 0 Å². The summed E-state index contributed by atoms with van der Waals surface area (Å²) >= 11 is 0. The van der Waals surface area contributed by atoms with Crippen molar-refractivity contribution in [3.05, 3.63) is 23.8 Å². The molecular formula is C15H19N3O3. The first kappa shape index (κ1) is 14.0. The highest BCUT2D eigenvalue weighted by atomic mass is 16.6. The van der Waals surface area contributed by atoms with E-state index < -0.39 is 0 Å². The Bertz CT molecular complexity index is 640. The maximum Gasteiger partial charge on any atom is 0.226 e. The minimum atomic E-state index is -0.281. The number of carbonyl (C=O) groups excluding carboxylic acids is 1. The normalized spacial score (nSPS) is 22.4. The van der Waals surface area contributed by atoms with Crippen LogP contribution < -0.4 is 0 Å². The van der Waals surface area contributed by atoms with E-state index in [9.17, 15) is 9.90 Å². The Hall–Kier alpha value is -1.95. The fourth-order valence-corrected chi connectivity index (χ4v) is 2.93. The topological polar surface area (TPSA) is 79.5 Å². The monoisotopic (exact) mass is 289 g/mol. The van der Waals surface area contributed by atoms with E-state index in [-0.39, 0.29) is 18.1 Å². The van der Waals surface area contributed by atoms with Crippen LogP contribution in [-0.4, -0.2) is 45.4 Å². The van der Waals surface area contributed by atoms with Gasteiger partial charge in [-0.05, 0) is 53.7 Å². The quantitative estimate of drug-likeness (QED) is 0.927. The molecule has 6 nitrogen and oxygen atoms in total. The summed E-state index contributed by atoms with van der Waals surface area (Å²) in [7, 11) is 1.82. The summed E-state index contributed by atoms with van der Waals surface area (Å²) in [5.74, 6) is 0.0601. The summed E-state index contributed by atoms with van der Waals surface area (Å²) < 4.78 is 4.66. The number of nitrogens with zero attached hydrogens (tertiary/aromatic N) is 3. The van der Waals surface area contributed by atoms with Crippen LogP contribution in [0, 0.1) is 0 Å². The molecule has 1 aromatic heterocycles. The molecule has 0 bridgehead atoms. The van der Waals surface area contributed by atoms with Crippen LogP contribution in [0.3, 0.4) is 0 Å². The lowest BCUT2D eigenvalue weighted by Gasteiger charge is -2.33. The smallest absolute Gasteiger partial charge is 0.226 e. The van der Waals surface area contributed by atoms with Gasteiger partial charge in [-0.3, -0.25) is 4.79 Å². The van der Waals surface area contributed by atoms with Gasteiger partial charge in [0.25, 0.3) is 0 Å². The molecule has 0 spiro atoms. The number of amides is 1. The zero-order valence-corrected chi connectivity index (χ0v) is 12.0. The van der Waals surface area contributed by atoms with Crippen LogP contribution in [0.4, 0.5) is 0 Å². The molecule has 0 radical (unpaired) electrons. The van der Waals surface area contributed by atoms with Gasteiger partial charge in [-0.2, -0.15) is 0 Å². The minimum Gasteiger partial charge on any atom is -0.393 e. The van der Waals surface area contributed by atoms with Crippen LogP contribution in [0.15, 0.2) is 22.8 Å². The Balaban J connectivity index is 1.67. The molecule has 0 aliphatic heterocycles. The van der Waals surface area contributed by atoms with Gasteiger partial charge < -0.3 is 10.0 Å². The van der Waals surface area contributed by atoms with Crippen LogP contribution in [0.1, 0.15) is 31.2 Å². The van der Waals surface area contributed by atoms with E-state index in [0.29, 0.717) is 23.9 Å². The Kier molecular flexibility index (Phi) is 3.88. The molecule has 1 amide bonds. The number of fused-ring (bicyclic) bond motifs is 1. The molecule has 1 N–H and O–H groups in total. The van der Waals surface area contributed by atoms with Crippen LogP contribution in [0.25, 0.3) is 11.0 Å². The number of hydrogen-bond acceptors (Lipinski definition) is 5. The maximum absolute atomic E-state index is 12.4. The molecule has 1 aliphatic carbocycles. The molecule has 1 fully saturated rings. The van der Waals surface area contributed by atoms with Gasteiger partial charge in [-0.1, -0.05) is 6.07 Å². The molecule has 1 heterocycles. The Labute approximate surface area is 122 Å². The number of rotatable bonds is 3. The van der Waals surface area contributed by atoms with Gasteiger partial charge in [0.05, 0.1) is 12.5 Å². The van der Waals surface area contributed by atoms with E-state index in [1.54, 1.807) is 11.0 Å². The molecular weight excluding hydrogens is 270 g/mol. The Morgan fingerprint density at radius 2 is 2.19 bits per heavy atom. The highest BCUT2D eigenvalue weighted by molar-refractivity contribution is 5.81. The molecule has 21 heavy (non-hydrogen) atoms. The molecule has 3 rings (SSSR count). The van der Waals surface area contributed by atoms with Crippen molar-refractivity contribution < 1.29 is 14.5 Å². The molecule has 1 aliphatic rings. The van der Waals surface area contributed by atoms with Gasteiger partial charge in [-0.15, -0.1) is 0 Å². The third kappa shape index (κ3) is 3.05. The van der Waals surface area contributed by atoms with Crippen molar-refractivity contribution in [3.63, 3.8) is 0 Å².